The molecule has 0 aliphatic heterocycles. The summed E-state index contributed by atoms with van der Waals surface area (Å²) in [4.78, 5) is 11.0. The normalized spacial score (nSPS) is 11.7. The third-order valence-corrected chi connectivity index (χ3v) is 3.18. The Morgan fingerprint density at radius 2 is 1.85 bits per heavy atom. The smallest absolute Gasteiger partial charge is 0.416 e. The molecular formula is C14H12F3NO2. The van der Waals surface area contributed by atoms with Gasteiger partial charge in [0.1, 0.15) is 5.69 Å². The largest absolute Gasteiger partial charge is 0.477 e. The molecular weight excluding hydrogens is 271 g/mol. The number of aromatic carboxylic acids is 1. The van der Waals surface area contributed by atoms with Crippen LogP contribution in [0.1, 0.15) is 21.6 Å². The SMILES string of the molecule is Cc1ccc(C(F)(F)F)cc1-c1ccc(C(=O)O)n1C. The van der Waals surface area contributed by atoms with Gasteiger partial charge in [-0.1, -0.05) is 6.07 Å². The Morgan fingerprint density at radius 1 is 1.20 bits per heavy atom. The molecule has 0 spiro atoms. The summed E-state index contributed by atoms with van der Waals surface area (Å²) < 4.78 is 39.6. The second kappa shape index (κ2) is 4.70. The molecule has 1 N–H and O–H groups in total. The fourth-order valence-electron chi connectivity index (χ4n) is 2.07. The minimum Gasteiger partial charge on any atom is -0.477 e. The van der Waals surface area contributed by atoms with Crippen LogP contribution < -0.4 is 0 Å². The number of aryl methyl sites for hydroxylation is 1. The van der Waals surface area contributed by atoms with Crippen LogP contribution in [0.5, 0.6) is 0 Å². The van der Waals surface area contributed by atoms with E-state index in [0.29, 0.717) is 16.8 Å². The molecule has 2 rings (SSSR count). The molecule has 0 saturated carbocycles. The molecule has 0 aliphatic rings. The Bertz CT molecular complexity index is 672. The summed E-state index contributed by atoms with van der Waals surface area (Å²) in [5.74, 6) is -1.12. The summed E-state index contributed by atoms with van der Waals surface area (Å²) >= 11 is 0. The molecule has 0 radical (unpaired) electrons. The van der Waals surface area contributed by atoms with Crippen molar-refractivity contribution in [2.24, 2.45) is 7.05 Å². The highest BCUT2D eigenvalue weighted by molar-refractivity contribution is 5.87. The van der Waals surface area contributed by atoms with Crippen LogP contribution in [0.4, 0.5) is 13.2 Å². The Hall–Kier alpha value is -2.24. The number of carboxylic acid groups (broad SMARTS) is 1. The Balaban J connectivity index is 2.61. The quantitative estimate of drug-likeness (QED) is 0.912. The zero-order valence-electron chi connectivity index (χ0n) is 10.8. The average molecular weight is 283 g/mol. The van der Waals surface area contributed by atoms with Crippen molar-refractivity contribution in [1.29, 1.82) is 0 Å². The molecule has 0 amide bonds. The molecule has 0 saturated heterocycles. The zero-order valence-corrected chi connectivity index (χ0v) is 10.8. The van der Waals surface area contributed by atoms with Crippen molar-refractivity contribution in [3.8, 4) is 11.3 Å². The molecule has 0 bridgehead atoms. The summed E-state index contributed by atoms with van der Waals surface area (Å²) in [5, 5.41) is 8.98. The van der Waals surface area contributed by atoms with E-state index in [4.69, 9.17) is 5.11 Å². The highest BCUT2D eigenvalue weighted by atomic mass is 19.4. The number of halogens is 3. The first-order valence-electron chi connectivity index (χ1n) is 5.79. The minimum atomic E-state index is -4.43. The number of hydrogen-bond donors (Lipinski definition) is 1. The van der Waals surface area contributed by atoms with Crippen molar-refractivity contribution in [1.82, 2.24) is 4.57 Å². The molecule has 0 fully saturated rings. The van der Waals surface area contributed by atoms with Crippen LogP contribution in [0.3, 0.4) is 0 Å². The predicted molar refractivity (Wildman–Crippen MR) is 67.5 cm³/mol. The van der Waals surface area contributed by atoms with Crippen molar-refractivity contribution in [2.45, 2.75) is 13.1 Å². The highest BCUT2D eigenvalue weighted by Crippen LogP contribution is 2.34. The van der Waals surface area contributed by atoms with E-state index in [1.54, 1.807) is 6.92 Å². The number of hydrogen-bond acceptors (Lipinski definition) is 1. The lowest BCUT2D eigenvalue weighted by molar-refractivity contribution is -0.137. The number of nitrogens with zero attached hydrogens (tertiary/aromatic N) is 1. The molecule has 1 aromatic carbocycles. The topological polar surface area (TPSA) is 42.2 Å². The van der Waals surface area contributed by atoms with Gasteiger partial charge in [0, 0.05) is 18.3 Å². The first-order valence-corrected chi connectivity index (χ1v) is 5.79. The van der Waals surface area contributed by atoms with Gasteiger partial charge in [0.2, 0.25) is 0 Å². The molecule has 3 nitrogen and oxygen atoms in total. The zero-order chi connectivity index (χ0) is 15.1. The first kappa shape index (κ1) is 14.2. The van der Waals surface area contributed by atoms with Crippen LogP contribution in [0.15, 0.2) is 30.3 Å². The number of aromatic nitrogens is 1. The summed E-state index contributed by atoms with van der Waals surface area (Å²) in [7, 11) is 1.51. The number of carbonyl (C=O) groups is 1. The molecule has 20 heavy (non-hydrogen) atoms. The summed E-state index contributed by atoms with van der Waals surface area (Å²) in [6, 6.07) is 6.31. The van der Waals surface area contributed by atoms with Gasteiger partial charge in [-0.2, -0.15) is 13.2 Å². The Kier molecular flexibility index (Phi) is 3.33. The van der Waals surface area contributed by atoms with Crippen molar-refractivity contribution in [2.75, 3.05) is 0 Å². The summed E-state index contributed by atoms with van der Waals surface area (Å²) in [5.41, 5.74) is 0.727. The highest BCUT2D eigenvalue weighted by Gasteiger charge is 2.31. The van der Waals surface area contributed by atoms with Crippen LogP contribution in [0.25, 0.3) is 11.3 Å². The molecule has 1 aromatic heterocycles. The molecule has 2 aromatic rings. The van der Waals surface area contributed by atoms with Gasteiger partial charge in [-0.15, -0.1) is 0 Å². The van der Waals surface area contributed by atoms with Gasteiger partial charge in [0.05, 0.1) is 5.56 Å². The van der Waals surface area contributed by atoms with Gasteiger partial charge in [0.15, 0.2) is 0 Å². The van der Waals surface area contributed by atoms with Crippen LogP contribution in [0.2, 0.25) is 0 Å². The fraction of sp³-hybridized carbons (Fsp3) is 0.214. The van der Waals surface area contributed by atoms with E-state index in [0.717, 1.165) is 12.1 Å². The van der Waals surface area contributed by atoms with E-state index in [-0.39, 0.29) is 5.69 Å². The third-order valence-electron chi connectivity index (χ3n) is 3.18. The number of alkyl halides is 3. The average Bonchev–Trinajstić information content (AvgIpc) is 2.70. The first-order chi connectivity index (χ1) is 9.21. The number of benzene rings is 1. The van der Waals surface area contributed by atoms with Crippen LogP contribution >= 0.6 is 0 Å². The van der Waals surface area contributed by atoms with Gasteiger partial charge >= 0.3 is 12.1 Å². The minimum absolute atomic E-state index is 0.0248. The molecule has 0 aliphatic carbocycles. The monoisotopic (exact) mass is 283 g/mol. The van der Waals surface area contributed by atoms with Crippen molar-refractivity contribution in [3.63, 3.8) is 0 Å². The lowest BCUT2D eigenvalue weighted by Crippen LogP contribution is -2.07. The maximum Gasteiger partial charge on any atom is 0.416 e. The van der Waals surface area contributed by atoms with Gasteiger partial charge in [-0.25, -0.2) is 4.79 Å². The summed E-state index contributed by atoms with van der Waals surface area (Å²) in [6.45, 7) is 1.68. The number of carboxylic acids is 1. The molecule has 1 heterocycles. The lowest BCUT2D eigenvalue weighted by Gasteiger charge is -2.12. The standard InChI is InChI=1S/C14H12F3NO2/c1-8-3-4-9(14(15,16)17)7-10(8)11-5-6-12(13(19)20)18(11)2/h3-7H,1-2H3,(H,19,20). The van der Waals surface area contributed by atoms with Gasteiger partial charge in [-0.05, 0) is 36.8 Å². The van der Waals surface area contributed by atoms with Gasteiger partial charge < -0.3 is 9.67 Å². The molecule has 6 heteroatoms. The molecule has 0 unspecified atom stereocenters. The second-order valence-electron chi connectivity index (χ2n) is 4.50. The van der Waals surface area contributed by atoms with Gasteiger partial charge in [-0.3, -0.25) is 0 Å². The van der Waals surface area contributed by atoms with Crippen LogP contribution in [-0.4, -0.2) is 15.6 Å². The molecule has 0 atom stereocenters. The second-order valence-corrected chi connectivity index (χ2v) is 4.50. The van der Waals surface area contributed by atoms with E-state index >= 15 is 0 Å². The lowest BCUT2D eigenvalue weighted by atomic mass is 10.0. The summed E-state index contributed by atoms with van der Waals surface area (Å²) in [6.07, 6.45) is -4.43. The van der Waals surface area contributed by atoms with Gasteiger partial charge in [0.25, 0.3) is 0 Å². The van der Waals surface area contributed by atoms with Crippen molar-refractivity contribution >= 4 is 5.97 Å². The van der Waals surface area contributed by atoms with E-state index in [2.05, 4.69) is 0 Å². The van der Waals surface area contributed by atoms with E-state index in [1.807, 2.05) is 0 Å². The van der Waals surface area contributed by atoms with Crippen molar-refractivity contribution < 1.29 is 23.1 Å². The fourth-order valence-corrected chi connectivity index (χ4v) is 2.07. The maximum absolute atomic E-state index is 12.7. The number of rotatable bonds is 2. The van der Waals surface area contributed by atoms with Crippen LogP contribution in [-0.2, 0) is 13.2 Å². The maximum atomic E-state index is 12.7. The third kappa shape index (κ3) is 2.41. The predicted octanol–water partition coefficient (Wildman–Crippen LogP) is 3.72. The van der Waals surface area contributed by atoms with E-state index in [9.17, 15) is 18.0 Å². The Labute approximate surface area is 113 Å². The van der Waals surface area contributed by atoms with E-state index < -0.39 is 17.7 Å². The van der Waals surface area contributed by atoms with E-state index in [1.165, 1.54) is 29.8 Å². The molecule has 106 valence electrons. The van der Waals surface area contributed by atoms with Crippen molar-refractivity contribution in [3.05, 3.63) is 47.2 Å². The van der Waals surface area contributed by atoms with Crippen LogP contribution in [0, 0.1) is 6.92 Å². The Morgan fingerprint density at radius 3 is 2.35 bits per heavy atom.